The molecule has 106 valence electrons. The Balaban J connectivity index is 1.62. The average molecular weight is 289 g/mol. The summed E-state index contributed by atoms with van der Waals surface area (Å²) >= 11 is 1.65. The fraction of sp³-hybridized carbons (Fsp3) is 0.467. The minimum Gasteiger partial charge on any atom is -0.335 e. The number of carbonyl (C=O) groups excluding carboxylic acids is 1. The molecular weight excluding hydrogens is 270 g/mol. The average Bonchev–Trinajstić information content (AvgIpc) is 3.06. The molecule has 0 radical (unpaired) electrons. The Morgan fingerprint density at radius 3 is 2.90 bits per heavy atom. The molecule has 1 N–H and O–H groups in total. The number of rotatable bonds is 3. The van der Waals surface area contributed by atoms with Crippen LogP contribution in [0, 0.1) is 0 Å². The lowest BCUT2D eigenvalue weighted by atomic mass is 10.2. The van der Waals surface area contributed by atoms with Gasteiger partial charge in [-0.15, -0.1) is 11.3 Å². The Morgan fingerprint density at radius 1 is 1.40 bits per heavy atom. The van der Waals surface area contributed by atoms with E-state index in [1.807, 2.05) is 25.2 Å². The summed E-state index contributed by atoms with van der Waals surface area (Å²) in [6.45, 7) is 0.567. The van der Waals surface area contributed by atoms with Crippen molar-refractivity contribution in [2.75, 3.05) is 7.05 Å². The van der Waals surface area contributed by atoms with E-state index in [4.69, 9.17) is 0 Å². The molecule has 0 saturated heterocycles. The Hall–Kier alpha value is -1.62. The number of carbonyl (C=O) groups is 1. The summed E-state index contributed by atoms with van der Waals surface area (Å²) in [6.07, 6.45) is 4.68. The second-order valence-electron chi connectivity index (χ2n) is 5.36. The second kappa shape index (κ2) is 5.79. The molecule has 0 unspecified atom stereocenters. The van der Waals surface area contributed by atoms with Crippen LogP contribution in [0.4, 0.5) is 4.79 Å². The highest BCUT2D eigenvalue weighted by Gasteiger charge is 2.19. The fourth-order valence-corrected chi connectivity index (χ4v) is 3.64. The number of para-hydroxylation sites is 1. The van der Waals surface area contributed by atoms with Crippen molar-refractivity contribution in [1.29, 1.82) is 0 Å². The minimum atomic E-state index is 0.0103. The van der Waals surface area contributed by atoms with Crippen LogP contribution in [0.2, 0.25) is 0 Å². The maximum atomic E-state index is 12.1. The van der Waals surface area contributed by atoms with E-state index in [1.54, 1.807) is 16.2 Å². The van der Waals surface area contributed by atoms with E-state index in [1.165, 1.54) is 17.5 Å². The van der Waals surface area contributed by atoms with Gasteiger partial charge in [0.15, 0.2) is 0 Å². The van der Waals surface area contributed by atoms with Crippen LogP contribution in [0.25, 0.3) is 10.2 Å². The second-order valence-corrected chi connectivity index (χ2v) is 6.48. The highest BCUT2D eigenvalue weighted by atomic mass is 32.1. The van der Waals surface area contributed by atoms with Crippen LogP contribution in [0.3, 0.4) is 0 Å². The Kier molecular flexibility index (Phi) is 3.87. The predicted octanol–water partition coefficient (Wildman–Crippen LogP) is 3.38. The highest BCUT2D eigenvalue weighted by Crippen LogP contribution is 2.22. The molecule has 0 bridgehead atoms. The Bertz CT molecular complexity index is 571. The van der Waals surface area contributed by atoms with E-state index >= 15 is 0 Å². The van der Waals surface area contributed by atoms with Crippen LogP contribution in [0.5, 0.6) is 0 Å². The van der Waals surface area contributed by atoms with Gasteiger partial charge in [0.05, 0.1) is 16.8 Å². The maximum absolute atomic E-state index is 12.1. The summed E-state index contributed by atoms with van der Waals surface area (Å²) in [5.74, 6) is 0. The number of urea groups is 1. The van der Waals surface area contributed by atoms with Gasteiger partial charge in [-0.2, -0.15) is 0 Å². The van der Waals surface area contributed by atoms with Crippen molar-refractivity contribution in [2.45, 2.75) is 38.3 Å². The number of aromatic nitrogens is 1. The largest absolute Gasteiger partial charge is 0.335 e. The van der Waals surface area contributed by atoms with Gasteiger partial charge in [-0.25, -0.2) is 9.78 Å². The third-order valence-electron chi connectivity index (χ3n) is 3.74. The van der Waals surface area contributed by atoms with Crippen LogP contribution in [0.1, 0.15) is 30.7 Å². The molecular formula is C15H19N3OS. The lowest BCUT2D eigenvalue weighted by Crippen LogP contribution is -2.41. The Labute approximate surface area is 122 Å². The van der Waals surface area contributed by atoms with E-state index in [-0.39, 0.29) is 6.03 Å². The first-order valence-corrected chi connectivity index (χ1v) is 7.90. The van der Waals surface area contributed by atoms with Crippen LogP contribution in [-0.2, 0) is 6.54 Å². The third-order valence-corrected chi connectivity index (χ3v) is 4.76. The first-order chi connectivity index (χ1) is 9.72. The zero-order chi connectivity index (χ0) is 13.9. The van der Waals surface area contributed by atoms with Gasteiger partial charge in [-0.05, 0) is 25.0 Å². The molecule has 1 saturated carbocycles. The quantitative estimate of drug-likeness (QED) is 0.941. The molecule has 2 aromatic rings. The van der Waals surface area contributed by atoms with Crippen molar-refractivity contribution >= 4 is 27.6 Å². The summed E-state index contributed by atoms with van der Waals surface area (Å²) in [4.78, 5) is 18.4. The van der Waals surface area contributed by atoms with E-state index in [0.29, 0.717) is 12.6 Å². The monoisotopic (exact) mass is 289 g/mol. The number of nitrogens with zero attached hydrogens (tertiary/aromatic N) is 2. The SMILES string of the molecule is CN(Cc1nc2ccccc2s1)C(=O)NC1CCCC1. The number of nitrogens with one attached hydrogen (secondary N) is 1. The first kappa shape index (κ1) is 13.4. The summed E-state index contributed by atoms with van der Waals surface area (Å²) in [5, 5.41) is 4.08. The van der Waals surface area contributed by atoms with Gasteiger partial charge in [-0.3, -0.25) is 0 Å². The van der Waals surface area contributed by atoms with E-state index in [9.17, 15) is 4.79 Å². The normalized spacial score (nSPS) is 15.7. The number of benzene rings is 1. The topological polar surface area (TPSA) is 45.2 Å². The van der Waals surface area contributed by atoms with Crippen molar-refractivity contribution in [2.24, 2.45) is 0 Å². The van der Waals surface area contributed by atoms with E-state index < -0.39 is 0 Å². The molecule has 1 aromatic carbocycles. The van der Waals surface area contributed by atoms with Crippen LogP contribution >= 0.6 is 11.3 Å². The smallest absolute Gasteiger partial charge is 0.317 e. The molecule has 5 heteroatoms. The van der Waals surface area contributed by atoms with Gasteiger partial charge >= 0.3 is 6.03 Å². The van der Waals surface area contributed by atoms with Crippen molar-refractivity contribution in [3.63, 3.8) is 0 Å². The van der Waals surface area contributed by atoms with Gasteiger partial charge in [0.2, 0.25) is 0 Å². The van der Waals surface area contributed by atoms with Crippen LogP contribution < -0.4 is 5.32 Å². The number of fused-ring (bicyclic) bond motifs is 1. The zero-order valence-corrected chi connectivity index (χ0v) is 12.4. The molecule has 20 heavy (non-hydrogen) atoms. The van der Waals surface area contributed by atoms with Gasteiger partial charge in [0.1, 0.15) is 5.01 Å². The number of thiazole rings is 1. The molecule has 1 aliphatic carbocycles. The number of hydrogen-bond donors (Lipinski definition) is 1. The minimum absolute atomic E-state index is 0.0103. The molecule has 3 rings (SSSR count). The molecule has 1 aromatic heterocycles. The first-order valence-electron chi connectivity index (χ1n) is 7.08. The van der Waals surface area contributed by atoms with Crippen LogP contribution in [-0.4, -0.2) is 29.0 Å². The maximum Gasteiger partial charge on any atom is 0.317 e. The number of hydrogen-bond acceptors (Lipinski definition) is 3. The molecule has 1 fully saturated rings. The van der Waals surface area contributed by atoms with E-state index in [2.05, 4.69) is 16.4 Å². The lowest BCUT2D eigenvalue weighted by Gasteiger charge is -2.19. The molecule has 1 heterocycles. The van der Waals surface area contributed by atoms with Gasteiger partial charge < -0.3 is 10.2 Å². The standard InChI is InChI=1S/C15H19N3OS/c1-18(15(19)16-11-6-2-3-7-11)10-14-17-12-8-4-5-9-13(12)20-14/h4-5,8-9,11H,2-3,6-7,10H2,1H3,(H,16,19). The molecule has 1 aliphatic rings. The summed E-state index contributed by atoms with van der Waals surface area (Å²) < 4.78 is 1.17. The molecule has 0 atom stereocenters. The van der Waals surface area contributed by atoms with Crippen molar-refractivity contribution in [3.8, 4) is 0 Å². The number of amides is 2. The molecule has 0 spiro atoms. The predicted molar refractivity (Wildman–Crippen MR) is 81.9 cm³/mol. The van der Waals surface area contributed by atoms with Crippen molar-refractivity contribution < 1.29 is 4.79 Å². The molecule has 2 amide bonds. The van der Waals surface area contributed by atoms with Gasteiger partial charge in [0, 0.05) is 13.1 Å². The van der Waals surface area contributed by atoms with Gasteiger partial charge in [-0.1, -0.05) is 25.0 Å². The Morgan fingerprint density at radius 2 is 2.15 bits per heavy atom. The van der Waals surface area contributed by atoms with Gasteiger partial charge in [0.25, 0.3) is 0 Å². The van der Waals surface area contributed by atoms with E-state index in [0.717, 1.165) is 23.4 Å². The zero-order valence-electron chi connectivity index (χ0n) is 11.6. The fourth-order valence-electron chi connectivity index (χ4n) is 2.62. The summed E-state index contributed by atoms with van der Waals surface area (Å²) in [7, 11) is 1.83. The molecule has 0 aliphatic heterocycles. The van der Waals surface area contributed by atoms with Crippen molar-refractivity contribution in [1.82, 2.24) is 15.2 Å². The molecule has 4 nitrogen and oxygen atoms in total. The third kappa shape index (κ3) is 2.93. The van der Waals surface area contributed by atoms with Crippen LogP contribution in [0.15, 0.2) is 24.3 Å². The summed E-state index contributed by atoms with van der Waals surface area (Å²) in [5.41, 5.74) is 1.01. The highest BCUT2D eigenvalue weighted by molar-refractivity contribution is 7.18. The van der Waals surface area contributed by atoms with Crippen molar-refractivity contribution in [3.05, 3.63) is 29.3 Å². The summed E-state index contributed by atoms with van der Waals surface area (Å²) in [6, 6.07) is 8.45. The lowest BCUT2D eigenvalue weighted by molar-refractivity contribution is 0.202.